The summed E-state index contributed by atoms with van der Waals surface area (Å²) in [5, 5.41) is 3.15. The Kier molecular flexibility index (Phi) is 4.66. The van der Waals surface area contributed by atoms with Crippen molar-refractivity contribution in [3.63, 3.8) is 0 Å². The lowest BCUT2D eigenvalue weighted by Gasteiger charge is -2.33. The van der Waals surface area contributed by atoms with Crippen LogP contribution in [-0.2, 0) is 4.79 Å². The van der Waals surface area contributed by atoms with E-state index >= 15 is 0 Å². The van der Waals surface area contributed by atoms with Crippen molar-refractivity contribution in [3.05, 3.63) is 0 Å². The molecule has 0 radical (unpaired) electrons. The lowest BCUT2D eigenvalue weighted by atomic mass is 9.78. The number of amides is 1. The van der Waals surface area contributed by atoms with Crippen LogP contribution in [0.4, 0.5) is 0 Å². The molecule has 5 unspecified atom stereocenters. The lowest BCUT2D eigenvalue weighted by Crippen LogP contribution is -2.48. The summed E-state index contributed by atoms with van der Waals surface area (Å²) in [6.07, 6.45) is 7.15. The number of carbonyl (C=O) groups is 1. The zero-order valence-corrected chi connectivity index (χ0v) is 11.8. The summed E-state index contributed by atoms with van der Waals surface area (Å²) in [7, 11) is 0. The molecule has 2 rings (SSSR count). The second-order valence-corrected chi connectivity index (χ2v) is 6.62. The molecule has 0 aromatic rings. The van der Waals surface area contributed by atoms with Crippen LogP contribution in [0.2, 0.25) is 0 Å². The molecule has 18 heavy (non-hydrogen) atoms. The Labute approximate surface area is 111 Å². The average molecular weight is 252 g/mol. The first-order valence-electron chi connectivity index (χ1n) is 7.61. The predicted molar refractivity (Wildman–Crippen MR) is 74.0 cm³/mol. The minimum absolute atomic E-state index is 0.0487. The van der Waals surface area contributed by atoms with Gasteiger partial charge in [-0.25, -0.2) is 0 Å². The van der Waals surface area contributed by atoms with Crippen molar-refractivity contribution in [3.8, 4) is 0 Å². The molecule has 0 spiro atoms. The molecule has 1 amide bonds. The highest BCUT2D eigenvalue weighted by Crippen LogP contribution is 2.30. The minimum Gasteiger partial charge on any atom is -0.356 e. The van der Waals surface area contributed by atoms with E-state index in [4.69, 9.17) is 5.73 Å². The third-order valence-corrected chi connectivity index (χ3v) is 5.00. The number of hydrogen-bond donors (Lipinski definition) is 2. The number of hydrogen-bond acceptors (Lipinski definition) is 2. The zero-order valence-electron chi connectivity index (χ0n) is 11.8. The van der Waals surface area contributed by atoms with Gasteiger partial charge in [0.15, 0.2) is 0 Å². The largest absolute Gasteiger partial charge is 0.356 e. The molecular formula is C15H28N2O. The van der Waals surface area contributed by atoms with Gasteiger partial charge in [0.05, 0.1) is 5.92 Å². The summed E-state index contributed by atoms with van der Waals surface area (Å²) in [6.45, 7) is 5.34. The van der Waals surface area contributed by atoms with Crippen LogP contribution in [-0.4, -0.2) is 18.5 Å². The van der Waals surface area contributed by atoms with Crippen molar-refractivity contribution >= 4 is 5.91 Å². The van der Waals surface area contributed by atoms with E-state index in [1.807, 2.05) is 0 Å². The highest BCUT2D eigenvalue weighted by molar-refractivity contribution is 5.79. The monoisotopic (exact) mass is 252 g/mol. The van der Waals surface area contributed by atoms with Gasteiger partial charge in [0.1, 0.15) is 0 Å². The van der Waals surface area contributed by atoms with E-state index in [9.17, 15) is 4.79 Å². The average Bonchev–Trinajstić information content (AvgIpc) is 2.76. The molecule has 0 bridgehead atoms. The summed E-state index contributed by atoms with van der Waals surface area (Å²) in [5.74, 6) is 2.27. The Balaban J connectivity index is 1.77. The maximum Gasteiger partial charge on any atom is 0.224 e. The Morgan fingerprint density at radius 2 is 2.00 bits per heavy atom. The van der Waals surface area contributed by atoms with E-state index < -0.39 is 0 Å². The summed E-state index contributed by atoms with van der Waals surface area (Å²) < 4.78 is 0. The molecule has 3 heteroatoms. The first-order valence-corrected chi connectivity index (χ1v) is 7.61. The molecular weight excluding hydrogens is 224 g/mol. The van der Waals surface area contributed by atoms with Crippen LogP contribution in [0, 0.1) is 23.7 Å². The van der Waals surface area contributed by atoms with Gasteiger partial charge >= 0.3 is 0 Å². The predicted octanol–water partition coefficient (Wildman–Crippen LogP) is 2.30. The number of carbonyl (C=O) groups excluding carboxylic acids is 1. The van der Waals surface area contributed by atoms with Crippen LogP contribution in [0.25, 0.3) is 0 Å². The SMILES string of the molecule is CC1CCC(CNC(=O)C2CCCC(C)C2N)C1. The van der Waals surface area contributed by atoms with Gasteiger partial charge in [0.2, 0.25) is 5.91 Å². The normalized spacial score (nSPS) is 40.7. The first-order chi connectivity index (χ1) is 8.58. The number of rotatable bonds is 3. The van der Waals surface area contributed by atoms with Crippen molar-refractivity contribution < 1.29 is 4.79 Å². The highest BCUT2D eigenvalue weighted by atomic mass is 16.1. The number of nitrogens with two attached hydrogens (primary N) is 1. The van der Waals surface area contributed by atoms with Crippen molar-refractivity contribution in [1.82, 2.24) is 5.32 Å². The topological polar surface area (TPSA) is 55.1 Å². The third-order valence-electron chi connectivity index (χ3n) is 5.00. The Bertz CT molecular complexity index is 292. The third kappa shape index (κ3) is 3.25. The van der Waals surface area contributed by atoms with Crippen LogP contribution < -0.4 is 11.1 Å². The lowest BCUT2D eigenvalue weighted by molar-refractivity contribution is -0.127. The molecule has 2 saturated carbocycles. The quantitative estimate of drug-likeness (QED) is 0.810. The van der Waals surface area contributed by atoms with E-state index in [1.54, 1.807) is 0 Å². The van der Waals surface area contributed by atoms with E-state index in [-0.39, 0.29) is 17.9 Å². The van der Waals surface area contributed by atoms with E-state index in [0.29, 0.717) is 11.8 Å². The van der Waals surface area contributed by atoms with E-state index in [1.165, 1.54) is 25.7 Å². The van der Waals surface area contributed by atoms with Gasteiger partial charge < -0.3 is 11.1 Å². The second-order valence-electron chi connectivity index (χ2n) is 6.62. The molecule has 5 atom stereocenters. The molecule has 2 aliphatic carbocycles. The van der Waals surface area contributed by atoms with Gasteiger partial charge in [0.25, 0.3) is 0 Å². The van der Waals surface area contributed by atoms with Gasteiger partial charge in [-0.15, -0.1) is 0 Å². The highest BCUT2D eigenvalue weighted by Gasteiger charge is 2.33. The maximum absolute atomic E-state index is 12.2. The Morgan fingerprint density at radius 3 is 2.67 bits per heavy atom. The second kappa shape index (κ2) is 6.05. The standard InChI is InChI=1S/C15H28N2O/c1-10-6-7-12(8-10)9-17-15(18)13-5-3-4-11(2)14(13)16/h10-14H,3-9,16H2,1-2H3,(H,17,18). The fourth-order valence-electron chi connectivity index (χ4n) is 3.63. The Hall–Kier alpha value is -0.570. The molecule has 0 heterocycles. The molecule has 104 valence electrons. The minimum atomic E-state index is 0.0487. The molecule has 3 nitrogen and oxygen atoms in total. The first kappa shape index (κ1) is 13.9. The zero-order chi connectivity index (χ0) is 13.1. The van der Waals surface area contributed by atoms with Gasteiger partial charge in [-0.05, 0) is 43.4 Å². The summed E-state index contributed by atoms with van der Waals surface area (Å²) in [5.41, 5.74) is 6.17. The molecule has 0 aliphatic heterocycles. The van der Waals surface area contributed by atoms with Gasteiger partial charge in [-0.1, -0.05) is 26.7 Å². The van der Waals surface area contributed by atoms with Crippen LogP contribution in [0.5, 0.6) is 0 Å². The molecule has 0 saturated heterocycles. The maximum atomic E-state index is 12.2. The van der Waals surface area contributed by atoms with Crippen LogP contribution in [0.3, 0.4) is 0 Å². The van der Waals surface area contributed by atoms with Crippen molar-refractivity contribution in [2.45, 2.75) is 58.4 Å². The summed E-state index contributed by atoms with van der Waals surface area (Å²) in [4.78, 5) is 12.2. The van der Waals surface area contributed by atoms with Crippen LogP contribution in [0.15, 0.2) is 0 Å². The van der Waals surface area contributed by atoms with Gasteiger partial charge in [-0.2, -0.15) is 0 Å². The molecule has 0 aromatic carbocycles. The smallest absolute Gasteiger partial charge is 0.224 e. The summed E-state index contributed by atoms with van der Waals surface area (Å²) >= 11 is 0. The van der Waals surface area contributed by atoms with Crippen molar-refractivity contribution in [2.75, 3.05) is 6.54 Å². The summed E-state index contributed by atoms with van der Waals surface area (Å²) in [6, 6.07) is 0.0567. The van der Waals surface area contributed by atoms with Gasteiger partial charge in [-0.3, -0.25) is 4.79 Å². The van der Waals surface area contributed by atoms with Crippen LogP contribution in [0.1, 0.15) is 52.4 Å². The van der Waals surface area contributed by atoms with Crippen molar-refractivity contribution in [2.24, 2.45) is 29.4 Å². The fourth-order valence-corrected chi connectivity index (χ4v) is 3.63. The van der Waals surface area contributed by atoms with Crippen molar-refractivity contribution in [1.29, 1.82) is 0 Å². The molecule has 2 fully saturated rings. The van der Waals surface area contributed by atoms with E-state index in [0.717, 1.165) is 25.3 Å². The van der Waals surface area contributed by atoms with Gasteiger partial charge in [0, 0.05) is 12.6 Å². The molecule has 0 aromatic heterocycles. The molecule has 2 aliphatic rings. The number of nitrogens with one attached hydrogen (secondary N) is 1. The van der Waals surface area contributed by atoms with E-state index in [2.05, 4.69) is 19.2 Å². The molecule has 3 N–H and O–H groups in total. The Morgan fingerprint density at radius 1 is 1.22 bits per heavy atom. The van der Waals surface area contributed by atoms with Crippen LogP contribution >= 0.6 is 0 Å². The fraction of sp³-hybridized carbons (Fsp3) is 0.933.